The van der Waals surface area contributed by atoms with Crippen LogP contribution in [0.3, 0.4) is 0 Å². The molecule has 3 atom stereocenters. The monoisotopic (exact) mass is 267 g/mol. The van der Waals surface area contributed by atoms with E-state index in [2.05, 4.69) is 4.72 Å². The Balaban J connectivity index is 2.69. The lowest BCUT2D eigenvalue weighted by molar-refractivity contribution is -0.136. The lowest BCUT2D eigenvalue weighted by Gasteiger charge is -2.20. The van der Waals surface area contributed by atoms with E-state index in [9.17, 15) is 13.2 Å². The predicted octanol–water partition coefficient (Wildman–Crippen LogP) is 0.663. The van der Waals surface area contributed by atoms with Crippen LogP contribution in [0.25, 0.3) is 0 Å². The van der Waals surface area contributed by atoms with Crippen LogP contribution in [-0.2, 0) is 14.8 Å². The summed E-state index contributed by atoms with van der Waals surface area (Å²) in [5, 5.41) is 7.56. The number of sulfonamides is 1. The van der Waals surface area contributed by atoms with Gasteiger partial charge >= 0.3 is 5.97 Å². The molecule has 0 amide bonds. The third-order valence-electron chi connectivity index (χ3n) is 2.88. The molecule has 1 rings (SSSR count). The Labute approximate surface area is 100 Å². The van der Waals surface area contributed by atoms with Crippen molar-refractivity contribution in [2.75, 3.05) is 6.26 Å². The molecule has 94 valence electrons. The van der Waals surface area contributed by atoms with Crippen molar-refractivity contribution < 1.29 is 18.3 Å². The van der Waals surface area contributed by atoms with E-state index in [1.807, 2.05) is 6.26 Å². The number of carboxylic acids is 1. The first kappa shape index (κ1) is 13.8. The van der Waals surface area contributed by atoms with Gasteiger partial charge in [0.15, 0.2) is 5.25 Å². The van der Waals surface area contributed by atoms with Gasteiger partial charge in [0.2, 0.25) is 10.0 Å². The number of thioether (sulfide) groups is 1. The van der Waals surface area contributed by atoms with Crippen molar-refractivity contribution in [2.24, 2.45) is 0 Å². The molecule has 16 heavy (non-hydrogen) atoms. The molecule has 0 heterocycles. The number of nitrogens with one attached hydrogen (secondary N) is 1. The molecule has 1 fully saturated rings. The van der Waals surface area contributed by atoms with E-state index >= 15 is 0 Å². The Hall–Kier alpha value is -0.270. The Morgan fingerprint density at radius 3 is 2.62 bits per heavy atom. The maximum atomic E-state index is 11.7. The maximum absolute atomic E-state index is 11.7. The molecule has 0 saturated heterocycles. The molecule has 1 aliphatic rings. The summed E-state index contributed by atoms with van der Waals surface area (Å²) in [5.41, 5.74) is 0. The van der Waals surface area contributed by atoms with E-state index in [1.54, 1.807) is 11.8 Å². The van der Waals surface area contributed by atoms with Crippen LogP contribution in [-0.4, -0.2) is 42.3 Å². The van der Waals surface area contributed by atoms with Crippen LogP contribution >= 0.6 is 11.8 Å². The van der Waals surface area contributed by atoms with Gasteiger partial charge in [-0.2, -0.15) is 11.8 Å². The number of rotatable bonds is 5. The standard InChI is InChI=1S/C9H17NO4S2/c1-6(9(11)12)16(13,14)10-7-4-3-5-8(7)15-2/h6-8,10H,3-5H2,1-2H3,(H,11,12). The molecule has 1 aliphatic carbocycles. The normalized spacial score (nSPS) is 27.9. The summed E-state index contributed by atoms with van der Waals surface area (Å²) in [4.78, 5) is 10.6. The quantitative estimate of drug-likeness (QED) is 0.764. The number of hydrogen-bond donors (Lipinski definition) is 2. The van der Waals surface area contributed by atoms with Crippen molar-refractivity contribution >= 4 is 27.8 Å². The van der Waals surface area contributed by atoms with E-state index < -0.39 is 21.2 Å². The van der Waals surface area contributed by atoms with E-state index in [0.717, 1.165) is 19.3 Å². The highest BCUT2D eigenvalue weighted by Crippen LogP contribution is 2.29. The first-order chi connectivity index (χ1) is 7.38. The minimum Gasteiger partial charge on any atom is -0.480 e. The first-order valence-electron chi connectivity index (χ1n) is 5.15. The van der Waals surface area contributed by atoms with Crippen LogP contribution in [0.15, 0.2) is 0 Å². The third-order valence-corrected chi connectivity index (χ3v) is 5.82. The zero-order chi connectivity index (χ0) is 12.3. The lowest BCUT2D eigenvalue weighted by atomic mass is 10.3. The van der Waals surface area contributed by atoms with Crippen molar-refractivity contribution in [3.8, 4) is 0 Å². The number of carbonyl (C=O) groups is 1. The van der Waals surface area contributed by atoms with Gasteiger partial charge in [0.25, 0.3) is 0 Å². The fourth-order valence-corrected chi connectivity index (χ4v) is 3.98. The molecular weight excluding hydrogens is 250 g/mol. The molecule has 0 aromatic heterocycles. The zero-order valence-corrected chi connectivity index (χ0v) is 11.0. The van der Waals surface area contributed by atoms with Crippen LogP contribution < -0.4 is 4.72 Å². The second-order valence-electron chi connectivity index (χ2n) is 3.95. The van der Waals surface area contributed by atoms with Gasteiger partial charge in [0, 0.05) is 11.3 Å². The Bertz CT molecular complexity index is 355. The van der Waals surface area contributed by atoms with Crippen molar-refractivity contribution in [2.45, 2.75) is 42.7 Å². The maximum Gasteiger partial charge on any atom is 0.323 e. The van der Waals surface area contributed by atoms with Crippen molar-refractivity contribution in [1.29, 1.82) is 0 Å². The predicted molar refractivity (Wildman–Crippen MR) is 64.1 cm³/mol. The SMILES string of the molecule is CSC1CCCC1NS(=O)(=O)C(C)C(=O)O. The van der Waals surface area contributed by atoms with Gasteiger partial charge in [-0.05, 0) is 26.0 Å². The van der Waals surface area contributed by atoms with Crippen LogP contribution in [0.4, 0.5) is 0 Å². The third kappa shape index (κ3) is 3.11. The fourth-order valence-electron chi connectivity index (χ4n) is 1.79. The van der Waals surface area contributed by atoms with Crippen LogP contribution in [0.2, 0.25) is 0 Å². The smallest absolute Gasteiger partial charge is 0.323 e. The Morgan fingerprint density at radius 2 is 2.12 bits per heavy atom. The average molecular weight is 267 g/mol. The van der Waals surface area contributed by atoms with E-state index in [-0.39, 0.29) is 11.3 Å². The summed E-state index contributed by atoms with van der Waals surface area (Å²) in [6.07, 6.45) is 4.70. The molecule has 7 heteroatoms. The van der Waals surface area contributed by atoms with Gasteiger partial charge in [-0.15, -0.1) is 0 Å². The highest BCUT2D eigenvalue weighted by atomic mass is 32.2. The minimum atomic E-state index is -3.75. The first-order valence-corrected chi connectivity index (χ1v) is 7.98. The van der Waals surface area contributed by atoms with E-state index in [0.29, 0.717) is 0 Å². The number of hydrogen-bond acceptors (Lipinski definition) is 4. The molecule has 0 aliphatic heterocycles. The van der Waals surface area contributed by atoms with Gasteiger partial charge in [-0.3, -0.25) is 4.79 Å². The summed E-state index contributed by atoms with van der Waals surface area (Å²) in [5.74, 6) is -1.31. The molecular formula is C9H17NO4S2. The van der Waals surface area contributed by atoms with E-state index in [4.69, 9.17) is 5.11 Å². The summed E-state index contributed by atoms with van der Waals surface area (Å²) < 4.78 is 25.9. The molecule has 0 spiro atoms. The Morgan fingerprint density at radius 1 is 1.50 bits per heavy atom. The minimum absolute atomic E-state index is 0.123. The molecule has 5 nitrogen and oxygen atoms in total. The van der Waals surface area contributed by atoms with Gasteiger partial charge in [0.1, 0.15) is 0 Å². The molecule has 2 N–H and O–H groups in total. The molecule has 0 radical (unpaired) electrons. The van der Waals surface area contributed by atoms with Crippen molar-refractivity contribution in [3.05, 3.63) is 0 Å². The topological polar surface area (TPSA) is 83.5 Å². The fraction of sp³-hybridized carbons (Fsp3) is 0.889. The van der Waals surface area contributed by atoms with Crippen LogP contribution in [0, 0.1) is 0 Å². The summed E-state index contributed by atoms with van der Waals surface area (Å²) >= 11 is 1.63. The highest BCUT2D eigenvalue weighted by molar-refractivity contribution is 7.99. The zero-order valence-electron chi connectivity index (χ0n) is 9.34. The Kier molecular flexibility index (Phi) is 4.63. The van der Waals surface area contributed by atoms with Gasteiger partial charge < -0.3 is 5.11 Å². The number of carboxylic acid groups (broad SMARTS) is 1. The second-order valence-corrected chi connectivity index (χ2v) is 7.06. The highest BCUT2D eigenvalue weighted by Gasteiger charge is 2.34. The summed E-state index contributed by atoms with van der Waals surface area (Å²) in [6.45, 7) is 1.19. The van der Waals surface area contributed by atoms with Gasteiger partial charge in [0.05, 0.1) is 0 Å². The molecule has 0 bridgehead atoms. The largest absolute Gasteiger partial charge is 0.480 e. The van der Waals surface area contributed by atoms with Crippen LogP contribution in [0.5, 0.6) is 0 Å². The summed E-state index contributed by atoms with van der Waals surface area (Å²) in [6, 6.07) is -0.123. The van der Waals surface area contributed by atoms with Crippen molar-refractivity contribution in [3.63, 3.8) is 0 Å². The molecule has 1 saturated carbocycles. The van der Waals surface area contributed by atoms with Gasteiger partial charge in [-0.25, -0.2) is 13.1 Å². The molecule has 0 aromatic carbocycles. The average Bonchev–Trinajstić information content (AvgIpc) is 2.63. The lowest BCUT2D eigenvalue weighted by Crippen LogP contribution is -2.45. The van der Waals surface area contributed by atoms with Gasteiger partial charge in [-0.1, -0.05) is 6.42 Å². The van der Waals surface area contributed by atoms with Crippen molar-refractivity contribution in [1.82, 2.24) is 4.72 Å². The molecule has 3 unspecified atom stereocenters. The second kappa shape index (κ2) is 5.37. The number of aliphatic carboxylic acids is 1. The van der Waals surface area contributed by atoms with E-state index in [1.165, 1.54) is 6.92 Å². The van der Waals surface area contributed by atoms with Crippen LogP contribution in [0.1, 0.15) is 26.2 Å². The summed E-state index contributed by atoms with van der Waals surface area (Å²) in [7, 11) is -3.75. The molecule has 0 aromatic rings.